The van der Waals surface area contributed by atoms with E-state index in [2.05, 4.69) is 197 Å². The van der Waals surface area contributed by atoms with E-state index in [1.54, 1.807) is 0 Å². The standard InChI is InChI=1S/C57H37N5/c1-5-18-38(19-6-1)55-58-56(39-20-7-2-8-21-39)60-57(59-55)54-44(40-32-34-48-46-26-13-15-30-50(46)61(52(48)36-40)42-22-9-3-10-23-42)28-17-29-45(54)41-33-35-49-47-27-14-16-31-51(47)62(53(49)37-41)43-24-11-4-12-25-43/h1-37H. The molecule has 0 aliphatic carbocycles. The molecule has 5 nitrogen and oxygen atoms in total. The molecule has 12 aromatic rings. The molecule has 0 saturated heterocycles. The molecule has 0 spiro atoms. The van der Waals surface area contributed by atoms with Crippen LogP contribution in [0.3, 0.4) is 0 Å². The molecule has 0 unspecified atom stereocenters. The highest BCUT2D eigenvalue weighted by molar-refractivity contribution is 6.12. The average Bonchev–Trinajstić information content (AvgIpc) is 3.87. The summed E-state index contributed by atoms with van der Waals surface area (Å²) in [6, 6.07) is 79.3. The number of hydrogen-bond donors (Lipinski definition) is 0. The van der Waals surface area contributed by atoms with Crippen molar-refractivity contribution in [3.8, 4) is 67.8 Å². The molecule has 12 rings (SSSR count). The van der Waals surface area contributed by atoms with Gasteiger partial charge in [-0.05, 0) is 70.8 Å². The van der Waals surface area contributed by atoms with Gasteiger partial charge in [0.15, 0.2) is 17.5 Å². The Hall–Kier alpha value is -8.41. The van der Waals surface area contributed by atoms with E-state index in [1.165, 1.54) is 32.6 Å². The minimum atomic E-state index is 0.607. The third kappa shape index (κ3) is 5.90. The summed E-state index contributed by atoms with van der Waals surface area (Å²) in [5, 5.41) is 4.82. The predicted molar refractivity (Wildman–Crippen MR) is 256 cm³/mol. The normalized spacial score (nSPS) is 11.5. The van der Waals surface area contributed by atoms with Crippen molar-refractivity contribution in [1.82, 2.24) is 24.1 Å². The van der Waals surface area contributed by atoms with Gasteiger partial charge in [-0.25, -0.2) is 15.0 Å². The van der Waals surface area contributed by atoms with Crippen LogP contribution in [0.25, 0.3) is 111 Å². The Balaban J connectivity index is 1.16. The number of aromatic nitrogens is 5. The summed E-state index contributed by atoms with van der Waals surface area (Å²) >= 11 is 0. The summed E-state index contributed by atoms with van der Waals surface area (Å²) in [5.41, 5.74) is 13.8. The van der Waals surface area contributed by atoms with E-state index in [0.717, 1.165) is 61.4 Å². The second kappa shape index (κ2) is 14.7. The van der Waals surface area contributed by atoms with Crippen molar-refractivity contribution >= 4 is 43.6 Å². The number of fused-ring (bicyclic) bond motifs is 6. The maximum absolute atomic E-state index is 5.36. The highest BCUT2D eigenvalue weighted by atomic mass is 15.0. The molecule has 0 saturated carbocycles. The second-order valence-corrected chi connectivity index (χ2v) is 15.6. The molecule has 0 bridgehead atoms. The van der Waals surface area contributed by atoms with E-state index < -0.39 is 0 Å². The summed E-state index contributed by atoms with van der Waals surface area (Å²) in [6.45, 7) is 0. The molecule has 0 fully saturated rings. The van der Waals surface area contributed by atoms with E-state index in [9.17, 15) is 0 Å². The van der Waals surface area contributed by atoms with Crippen molar-refractivity contribution < 1.29 is 0 Å². The average molecular weight is 792 g/mol. The Morgan fingerprint density at radius 3 is 1.08 bits per heavy atom. The fourth-order valence-corrected chi connectivity index (χ4v) is 9.18. The number of para-hydroxylation sites is 4. The highest BCUT2D eigenvalue weighted by Gasteiger charge is 2.22. The SMILES string of the molecule is c1ccc(-c2nc(-c3ccccc3)nc(-c3c(-c4ccc5c6ccccc6n(-c6ccccc6)c5c4)cccc3-c3ccc4c5ccccc5n(-c5ccccc5)c4c3)n2)cc1. The van der Waals surface area contributed by atoms with Gasteiger partial charge in [-0.15, -0.1) is 0 Å². The first-order valence-corrected chi connectivity index (χ1v) is 21.0. The van der Waals surface area contributed by atoms with Crippen molar-refractivity contribution in [3.05, 3.63) is 224 Å². The molecule has 9 aromatic carbocycles. The third-order valence-electron chi connectivity index (χ3n) is 12.0. The molecule has 0 N–H and O–H groups in total. The molecule has 0 atom stereocenters. The first-order valence-electron chi connectivity index (χ1n) is 21.0. The zero-order chi connectivity index (χ0) is 41.0. The van der Waals surface area contributed by atoms with E-state index in [0.29, 0.717) is 17.5 Å². The van der Waals surface area contributed by atoms with Gasteiger partial charge < -0.3 is 9.13 Å². The summed E-state index contributed by atoms with van der Waals surface area (Å²) in [4.78, 5) is 15.8. The van der Waals surface area contributed by atoms with Crippen molar-refractivity contribution in [2.45, 2.75) is 0 Å². The molecule has 290 valence electrons. The minimum Gasteiger partial charge on any atom is -0.309 e. The lowest BCUT2D eigenvalue weighted by atomic mass is 9.90. The van der Waals surface area contributed by atoms with Gasteiger partial charge in [0.05, 0.1) is 22.1 Å². The van der Waals surface area contributed by atoms with E-state index in [4.69, 9.17) is 15.0 Å². The van der Waals surface area contributed by atoms with E-state index >= 15 is 0 Å². The number of nitrogens with zero attached hydrogens (tertiary/aromatic N) is 5. The van der Waals surface area contributed by atoms with Crippen molar-refractivity contribution in [3.63, 3.8) is 0 Å². The molecule has 0 aliphatic rings. The topological polar surface area (TPSA) is 48.5 Å². The van der Waals surface area contributed by atoms with Crippen LogP contribution >= 0.6 is 0 Å². The lowest BCUT2D eigenvalue weighted by Gasteiger charge is -2.17. The van der Waals surface area contributed by atoms with E-state index in [-0.39, 0.29) is 0 Å². The molecular weight excluding hydrogens is 755 g/mol. The zero-order valence-electron chi connectivity index (χ0n) is 33.6. The van der Waals surface area contributed by atoms with Gasteiger partial charge in [0.25, 0.3) is 0 Å². The van der Waals surface area contributed by atoms with Gasteiger partial charge in [-0.2, -0.15) is 0 Å². The van der Waals surface area contributed by atoms with Crippen LogP contribution in [-0.4, -0.2) is 24.1 Å². The summed E-state index contributed by atoms with van der Waals surface area (Å²) in [6.07, 6.45) is 0. The molecule has 5 heteroatoms. The van der Waals surface area contributed by atoms with Crippen molar-refractivity contribution in [1.29, 1.82) is 0 Å². The first kappa shape index (κ1) is 35.5. The van der Waals surface area contributed by atoms with Crippen LogP contribution in [0.2, 0.25) is 0 Å². The zero-order valence-corrected chi connectivity index (χ0v) is 33.6. The third-order valence-corrected chi connectivity index (χ3v) is 12.0. The quantitative estimate of drug-likeness (QED) is 0.162. The van der Waals surface area contributed by atoms with Crippen LogP contribution < -0.4 is 0 Å². The van der Waals surface area contributed by atoms with Crippen molar-refractivity contribution in [2.24, 2.45) is 0 Å². The Kier molecular flexibility index (Phi) is 8.42. The summed E-state index contributed by atoms with van der Waals surface area (Å²) < 4.78 is 4.75. The van der Waals surface area contributed by atoms with E-state index in [1.807, 2.05) is 36.4 Å². The minimum absolute atomic E-state index is 0.607. The molecule has 0 amide bonds. The number of hydrogen-bond acceptors (Lipinski definition) is 3. The van der Waals surface area contributed by atoms with Crippen LogP contribution in [0.15, 0.2) is 224 Å². The molecule has 3 aromatic heterocycles. The second-order valence-electron chi connectivity index (χ2n) is 15.6. The van der Waals surface area contributed by atoms with Crippen LogP contribution in [0.5, 0.6) is 0 Å². The van der Waals surface area contributed by atoms with Crippen LogP contribution in [0.1, 0.15) is 0 Å². The fourth-order valence-electron chi connectivity index (χ4n) is 9.18. The number of rotatable bonds is 7. The van der Waals surface area contributed by atoms with Gasteiger partial charge >= 0.3 is 0 Å². The lowest BCUT2D eigenvalue weighted by Crippen LogP contribution is -2.02. The molecule has 0 aliphatic heterocycles. The lowest BCUT2D eigenvalue weighted by molar-refractivity contribution is 1.07. The predicted octanol–water partition coefficient (Wildman–Crippen LogP) is 14.4. The van der Waals surface area contributed by atoms with Gasteiger partial charge in [-0.1, -0.05) is 176 Å². The van der Waals surface area contributed by atoms with Crippen LogP contribution in [0.4, 0.5) is 0 Å². The van der Waals surface area contributed by atoms with Gasteiger partial charge in [-0.3, -0.25) is 0 Å². The number of benzene rings is 9. The Morgan fingerprint density at radius 2 is 0.629 bits per heavy atom. The monoisotopic (exact) mass is 791 g/mol. The molecule has 3 heterocycles. The molecular formula is C57H37N5. The molecule has 0 radical (unpaired) electrons. The Morgan fingerprint density at radius 1 is 0.258 bits per heavy atom. The largest absolute Gasteiger partial charge is 0.309 e. The van der Waals surface area contributed by atoms with Crippen LogP contribution in [-0.2, 0) is 0 Å². The Labute approximate surface area is 358 Å². The highest BCUT2D eigenvalue weighted by Crippen LogP contribution is 2.44. The van der Waals surface area contributed by atoms with Gasteiger partial charge in [0.1, 0.15) is 0 Å². The molecule has 62 heavy (non-hydrogen) atoms. The van der Waals surface area contributed by atoms with Gasteiger partial charge in [0, 0.05) is 49.6 Å². The Bertz CT molecular complexity index is 3380. The maximum atomic E-state index is 5.36. The fraction of sp³-hybridized carbons (Fsp3) is 0. The summed E-state index contributed by atoms with van der Waals surface area (Å²) in [7, 11) is 0. The van der Waals surface area contributed by atoms with Gasteiger partial charge in [0.2, 0.25) is 0 Å². The van der Waals surface area contributed by atoms with Crippen LogP contribution in [0, 0.1) is 0 Å². The smallest absolute Gasteiger partial charge is 0.165 e. The maximum Gasteiger partial charge on any atom is 0.165 e. The summed E-state index contributed by atoms with van der Waals surface area (Å²) in [5.74, 6) is 1.85. The first-order chi connectivity index (χ1) is 30.8. The van der Waals surface area contributed by atoms with Crippen molar-refractivity contribution in [2.75, 3.05) is 0 Å².